The molecule has 23 heavy (non-hydrogen) atoms. The van der Waals surface area contributed by atoms with Gasteiger partial charge in [-0.2, -0.15) is 0 Å². The van der Waals surface area contributed by atoms with E-state index in [9.17, 15) is 0 Å². The van der Waals surface area contributed by atoms with E-state index in [2.05, 4.69) is 31.2 Å². The van der Waals surface area contributed by atoms with Gasteiger partial charge in [0.15, 0.2) is 0 Å². The zero-order chi connectivity index (χ0) is 16.4. The molecule has 2 nitrogen and oxygen atoms in total. The Hall–Kier alpha value is -0.600. The van der Waals surface area contributed by atoms with Crippen LogP contribution in [0, 0.1) is 0 Å². The zero-order valence-corrected chi connectivity index (χ0v) is 15.3. The summed E-state index contributed by atoms with van der Waals surface area (Å²) in [6, 6.07) is 0. The third-order valence-corrected chi connectivity index (χ3v) is 4.20. The summed E-state index contributed by atoms with van der Waals surface area (Å²) in [4.78, 5) is 0. The van der Waals surface area contributed by atoms with E-state index in [1.54, 1.807) is 0 Å². The Morgan fingerprint density at radius 2 is 1.43 bits per heavy atom. The van der Waals surface area contributed by atoms with Gasteiger partial charge >= 0.3 is 0 Å². The van der Waals surface area contributed by atoms with Gasteiger partial charge in [0.2, 0.25) is 0 Å². The highest BCUT2D eigenvalue weighted by atomic mass is 16.6. The molecular weight excluding hydrogens is 284 g/mol. The average Bonchev–Trinajstić information content (AvgIpc) is 3.38. The van der Waals surface area contributed by atoms with Crippen LogP contribution in [0.25, 0.3) is 0 Å². The Morgan fingerprint density at radius 1 is 0.826 bits per heavy atom. The normalized spacial score (nSPS) is 17.5. The van der Waals surface area contributed by atoms with Crippen molar-refractivity contribution in [2.75, 3.05) is 19.8 Å². The summed E-state index contributed by atoms with van der Waals surface area (Å²) < 4.78 is 10.6. The fraction of sp³-hybridized carbons (Fsp3) is 0.810. The van der Waals surface area contributed by atoms with Crippen LogP contribution in [-0.4, -0.2) is 25.9 Å². The van der Waals surface area contributed by atoms with Gasteiger partial charge in [0.25, 0.3) is 0 Å². The lowest BCUT2D eigenvalue weighted by atomic mass is 10.1. The van der Waals surface area contributed by atoms with Gasteiger partial charge in [-0.3, -0.25) is 0 Å². The predicted octanol–water partition coefficient (Wildman–Crippen LogP) is 6.22. The lowest BCUT2D eigenvalue weighted by Crippen LogP contribution is -2.02. The van der Waals surface area contributed by atoms with E-state index in [-0.39, 0.29) is 0 Å². The van der Waals surface area contributed by atoms with E-state index in [0.717, 1.165) is 26.2 Å². The minimum Gasteiger partial charge on any atom is -0.379 e. The van der Waals surface area contributed by atoms with E-state index < -0.39 is 0 Å². The number of rotatable bonds is 17. The van der Waals surface area contributed by atoms with Crippen LogP contribution in [0.15, 0.2) is 24.3 Å². The molecule has 1 rings (SSSR count). The summed E-state index contributed by atoms with van der Waals surface area (Å²) >= 11 is 0. The fourth-order valence-electron chi connectivity index (χ4n) is 2.57. The summed E-state index contributed by atoms with van der Waals surface area (Å²) in [5.41, 5.74) is 0. The molecule has 1 aliphatic rings. The molecule has 0 radical (unpaired) electrons. The Kier molecular flexibility index (Phi) is 14.5. The van der Waals surface area contributed by atoms with Gasteiger partial charge in [-0.25, -0.2) is 0 Å². The predicted molar refractivity (Wildman–Crippen MR) is 99.9 cm³/mol. The Balaban J connectivity index is 1.69. The van der Waals surface area contributed by atoms with Crippen LogP contribution in [0.4, 0.5) is 0 Å². The second kappa shape index (κ2) is 16.3. The van der Waals surface area contributed by atoms with E-state index >= 15 is 0 Å². The van der Waals surface area contributed by atoms with Gasteiger partial charge in [-0.05, 0) is 38.5 Å². The Morgan fingerprint density at radius 3 is 2.09 bits per heavy atom. The van der Waals surface area contributed by atoms with Gasteiger partial charge in [0.1, 0.15) is 6.10 Å². The van der Waals surface area contributed by atoms with Crippen molar-refractivity contribution in [2.24, 2.45) is 0 Å². The van der Waals surface area contributed by atoms with Crippen molar-refractivity contribution in [3.05, 3.63) is 24.3 Å². The SMILES string of the molecule is CCCCC/C=C\C/C=C\CCCCCCCCOCC1CO1. The first-order chi connectivity index (χ1) is 11.4. The number of ether oxygens (including phenoxy) is 2. The highest BCUT2D eigenvalue weighted by Crippen LogP contribution is 2.10. The molecular formula is C21H38O2. The number of epoxide rings is 1. The first-order valence-corrected chi connectivity index (χ1v) is 9.92. The number of allylic oxidation sites excluding steroid dienone is 4. The second-order valence-corrected chi connectivity index (χ2v) is 6.61. The molecule has 1 heterocycles. The molecule has 1 unspecified atom stereocenters. The highest BCUT2D eigenvalue weighted by molar-refractivity contribution is 4.92. The lowest BCUT2D eigenvalue weighted by molar-refractivity contribution is 0.113. The molecule has 1 fully saturated rings. The molecule has 134 valence electrons. The smallest absolute Gasteiger partial charge is 0.104 e. The summed E-state index contributed by atoms with van der Waals surface area (Å²) in [7, 11) is 0. The van der Waals surface area contributed by atoms with Crippen LogP contribution in [0.5, 0.6) is 0 Å². The summed E-state index contributed by atoms with van der Waals surface area (Å²) in [6.45, 7) is 4.88. The quantitative estimate of drug-likeness (QED) is 0.180. The van der Waals surface area contributed by atoms with Crippen LogP contribution in [0.3, 0.4) is 0 Å². The molecule has 1 aliphatic heterocycles. The van der Waals surface area contributed by atoms with Crippen molar-refractivity contribution in [2.45, 2.75) is 90.1 Å². The largest absolute Gasteiger partial charge is 0.379 e. The minimum absolute atomic E-state index is 0.416. The first kappa shape index (κ1) is 20.4. The molecule has 0 N–H and O–H groups in total. The van der Waals surface area contributed by atoms with Crippen LogP contribution in [0.1, 0.15) is 84.0 Å². The number of hydrogen-bond donors (Lipinski definition) is 0. The van der Waals surface area contributed by atoms with Crippen LogP contribution < -0.4 is 0 Å². The summed E-state index contributed by atoms with van der Waals surface area (Å²) in [5.74, 6) is 0. The van der Waals surface area contributed by atoms with Crippen molar-refractivity contribution < 1.29 is 9.47 Å². The third kappa shape index (κ3) is 16.1. The third-order valence-electron chi connectivity index (χ3n) is 4.20. The molecule has 0 aliphatic carbocycles. The standard InChI is InChI=1S/C21H38O2/c1-2-3-4-5-6-7-8-9-10-11-12-13-14-15-16-17-18-22-19-21-20-23-21/h6-7,9-10,21H,2-5,8,11-20H2,1H3/b7-6-,10-9-. The van der Waals surface area contributed by atoms with E-state index in [4.69, 9.17) is 9.47 Å². The minimum atomic E-state index is 0.416. The molecule has 0 bridgehead atoms. The number of hydrogen-bond acceptors (Lipinski definition) is 2. The summed E-state index contributed by atoms with van der Waals surface area (Å²) in [5, 5.41) is 0. The van der Waals surface area contributed by atoms with Gasteiger partial charge in [0.05, 0.1) is 13.2 Å². The van der Waals surface area contributed by atoms with Crippen LogP contribution >= 0.6 is 0 Å². The van der Waals surface area contributed by atoms with E-state index in [1.165, 1.54) is 70.6 Å². The molecule has 2 heteroatoms. The van der Waals surface area contributed by atoms with E-state index in [0.29, 0.717) is 6.10 Å². The van der Waals surface area contributed by atoms with Gasteiger partial charge in [-0.1, -0.05) is 69.8 Å². The molecule has 1 atom stereocenters. The highest BCUT2D eigenvalue weighted by Gasteiger charge is 2.21. The molecule has 0 aromatic heterocycles. The van der Waals surface area contributed by atoms with Gasteiger partial charge in [-0.15, -0.1) is 0 Å². The maximum Gasteiger partial charge on any atom is 0.104 e. The molecule has 0 amide bonds. The number of unbranched alkanes of at least 4 members (excludes halogenated alkanes) is 9. The van der Waals surface area contributed by atoms with Crippen molar-refractivity contribution in [3.63, 3.8) is 0 Å². The van der Waals surface area contributed by atoms with Gasteiger partial charge < -0.3 is 9.47 Å². The van der Waals surface area contributed by atoms with Crippen molar-refractivity contribution in [1.82, 2.24) is 0 Å². The monoisotopic (exact) mass is 322 g/mol. The Bertz CT molecular complexity index is 292. The average molecular weight is 323 g/mol. The van der Waals surface area contributed by atoms with Crippen LogP contribution in [0.2, 0.25) is 0 Å². The van der Waals surface area contributed by atoms with E-state index in [1.807, 2.05) is 0 Å². The fourth-order valence-corrected chi connectivity index (χ4v) is 2.57. The molecule has 0 spiro atoms. The Labute approximate surface area is 144 Å². The lowest BCUT2D eigenvalue weighted by Gasteiger charge is -2.02. The topological polar surface area (TPSA) is 21.8 Å². The summed E-state index contributed by atoms with van der Waals surface area (Å²) in [6.07, 6.45) is 25.3. The van der Waals surface area contributed by atoms with Crippen molar-refractivity contribution in [3.8, 4) is 0 Å². The van der Waals surface area contributed by atoms with Crippen LogP contribution in [-0.2, 0) is 9.47 Å². The van der Waals surface area contributed by atoms with Gasteiger partial charge in [0, 0.05) is 6.61 Å². The van der Waals surface area contributed by atoms with Crippen molar-refractivity contribution in [1.29, 1.82) is 0 Å². The maximum atomic E-state index is 5.54. The molecule has 0 aromatic carbocycles. The van der Waals surface area contributed by atoms with Crippen molar-refractivity contribution >= 4 is 0 Å². The maximum absolute atomic E-state index is 5.54. The second-order valence-electron chi connectivity index (χ2n) is 6.61. The molecule has 0 saturated carbocycles. The zero-order valence-electron chi connectivity index (χ0n) is 15.3. The first-order valence-electron chi connectivity index (χ1n) is 9.92. The molecule has 1 saturated heterocycles. The molecule has 0 aromatic rings.